The summed E-state index contributed by atoms with van der Waals surface area (Å²) in [7, 11) is -6.42. The van der Waals surface area contributed by atoms with Crippen molar-refractivity contribution in [2.75, 3.05) is 9.80 Å². The van der Waals surface area contributed by atoms with E-state index in [0.29, 0.717) is 0 Å². The topological polar surface area (TPSA) is 6.48 Å². The molecule has 2 aliphatic heterocycles. The highest BCUT2D eigenvalue weighted by Gasteiger charge is 2.50. The van der Waals surface area contributed by atoms with Crippen LogP contribution in [0.4, 0.5) is 34.1 Å². The number of hydrogen-bond donors (Lipinski definition) is 0. The normalized spacial score (nSPS) is 12.7. The van der Waals surface area contributed by atoms with E-state index in [1.807, 2.05) is 0 Å². The van der Waals surface area contributed by atoms with E-state index in [1.54, 1.807) is 0 Å². The van der Waals surface area contributed by atoms with Crippen LogP contribution in [-0.2, 0) is 10.8 Å². The molecule has 0 spiro atoms. The molecule has 0 saturated carbocycles. The number of anilines is 6. The van der Waals surface area contributed by atoms with Gasteiger partial charge in [0.1, 0.15) is 0 Å². The van der Waals surface area contributed by atoms with Gasteiger partial charge < -0.3 is 9.80 Å². The summed E-state index contributed by atoms with van der Waals surface area (Å²) in [5.41, 5.74) is 22.9. The quantitative estimate of drug-likeness (QED) is 0.0791. The van der Waals surface area contributed by atoms with Gasteiger partial charge in [0.2, 0.25) is 0 Å². The summed E-state index contributed by atoms with van der Waals surface area (Å²) in [4.78, 5) is 5.37. The fourth-order valence-corrected chi connectivity index (χ4v) is 27.0. The summed E-state index contributed by atoms with van der Waals surface area (Å²) in [6.07, 6.45) is 0. The van der Waals surface area contributed by atoms with Crippen LogP contribution in [0.25, 0.3) is 44.5 Å². The zero-order valence-electron chi connectivity index (χ0n) is 59.3. The van der Waals surface area contributed by atoms with Gasteiger partial charge in [-0.15, -0.1) is 0 Å². The van der Waals surface area contributed by atoms with E-state index in [4.69, 9.17) is 0 Å². The van der Waals surface area contributed by atoms with Crippen LogP contribution >= 0.6 is 0 Å². The molecule has 0 radical (unpaired) electrons. The maximum atomic E-state index is 2.68. The van der Waals surface area contributed by atoms with Gasteiger partial charge in [-0.2, -0.15) is 0 Å². The second-order valence-electron chi connectivity index (χ2n) is 29.8. The van der Waals surface area contributed by atoms with Crippen molar-refractivity contribution >= 4 is 115 Å². The van der Waals surface area contributed by atoms with Crippen LogP contribution < -0.4 is 67.7 Å². The molecule has 15 aromatic rings. The molecular weight excluding hydrogens is 1270 g/mol. The fraction of sp³-hybridized carbons (Fsp3) is 0.0816. The SMILES string of the molecule is CC(C)(C)c1ccc(-c2ccccc2-c2ccc3c(c2)B2c4cc(-c5ccccc5-c5ccc(C(C)(C)C)cc5)ccc4N(c4ccccc4[Si](c4ccccc4)(c4ccccc4)c4ccccc4)c4cccc(c42)N3c2ccccc2[Si](c2ccccc2)(c2ccccc2)c2ccccc2)cc1. The number of hydrogen-bond acceptors (Lipinski definition) is 2. The van der Waals surface area contributed by atoms with Crippen LogP contribution in [0, 0.1) is 0 Å². The molecule has 103 heavy (non-hydrogen) atoms. The van der Waals surface area contributed by atoms with Crippen molar-refractivity contribution in [2.24, 2.45) is 0 Å². The summed E-state index contributed by atoms with van der Waals surface area (Å²) < 4.78 is 0. The van der Waals surface area contributed by atoms with Gasteiger partial charge in [0.15, 0.2) is 16.1 Å². The van der Waals surface area contributed by atoms with Gasteiger partial charge >= 0.3 is 0 Å². The number of benzene rings is 15. The van der Waals surface area contributed by atoms with Crippen LogP contribution in [0.3, 0.4) is 0 Å². The average Bonchev–Trinajstić information content (AvgIpc) is 0.691. The summed E-state index contributed by atoms with van der Waals surface area (Å²) >= 11 is 0. The number of rotatable bonds is 14. The zero-order valence-corrected chi connectivity index (χ0v) is 61.3. The molecule has 0 N–H and O–H groups in total. The molecule has 5 heteroatoms. The van der Waals surface area contributed by atoms with E-state index in [2.05, 4.69) is 434 Å². The molecule has 2 heterocycles. The van der Waals surface area contributed by atoms with Gasteiger partial charge in [0, 0.05) is 34.1 Å². The Morgan fingerprint density at radius 2 is 0.476 bits per heavy atom. The standard InChI is InChI=1S/C98H81BN2Si2/c1-97(2,3)74-62-56-70(57-63-74)82-46-25-27-48-84(82)72-60-66-88-86(68-72)99-87-69-73(85-49-28-26-47-83(85)71-58-64-75(65-59-71)98(4,5)6)61-67-89(87)101(91-51-30-32-55-95(91)103(79-40-19-10-20-41-79,80-42-21-11-22-43-80)81-44-23-12-24-45-81)93-53-33-52-92(96(93)99)100(88)90-50-29-31-54-94(90)102(76-34-13-7-14-35-76,77-36-15-8-16-37-77)78-38-17-9-18-39-78/h7-69H,1-6H3. The lowest BCUT2D eigenvalue weighted by atomic mass is 9.33. The average molecular weight is 1350 g/mol. The van der Waals surface area contributed by atoms with Gasteiger partial charge in [-0.05, 0) is 161 Å². The van der Waals surface area contributed by atoms with Crippen molar-refractivity contribution in [1.29, 1.82) is 0 Å². The molecule has 0 bridgehead atoms. The zero-order chi connectivity index (χ0) is 69.9. The Balaban J connectivity index is 0.990. The van der Waals surface area contributed by atoms with Gasteiger partial charge in [-0.3, -0.25) is 0 Å². The lowest BCUT2D eigenvalue weighted by molar-refractivity contribution is 0.590. The Morgan fingerprint density at radius 1 is 0.223 bits per heavy atom. The highest BCUT2D eigenvalue weighted by Crippen LogP contribution is 2.47. The maximum Gasteiger partial charge on any atom is 0.252 e. The van der Waals surface area contributed by atoms with E-state index in [9.17, 15) is 0 Å². The van der Waals surface area contributed by atoms with E-state index in [0.717, 1.165) is 34.1 Å². The molecule has 2 nitrogen and oxygen atoms in total. The molecule has 2 aliphatic rings. The molecule has 0 atom stereocenters. The first kappa shape index (κ1) is 64.8. The van der Waals surface area contributed by atoms with Gasteiger partial charge in [0.05, 0.1) is 0 Å². The first-order chi connectivity index (χ1) is 50.4. The Kier molecular flexibility index (Phi) is 16.6. The Morgan fingerprint density at radius 3 is 0.777 bits per heavy atom. The minimum Gasteiger partial charge on any atom is -0.312 e. The molecular formula is C98H81BN2Si2. The lowest BCUT2D eigenvalue weighted by Crippen LogP contribution is -2.75. The van der Waals surface area contributed by atoms with Crippen LogP contribution in [-0.4, -0.2) is 22.9 Å². The maximum absolute atomic E-state index is 3.21. The third-order valence-electron chi connectivity index (χ3n) is 21.9. The number of fused-ring (bicyclic) bond motifs is 4. The monoisotopic (exact) mass is 1350 g/mol. The molecule has 494 valence electrons. The summed E-state index contributed by atoms with van der Waals surface area (Å²) in [5, 5.41) is 10.6. The molecule has 0 amide bonds. The second-order valence-corrected chi connectivity index (χ2v) is 37.4. The van der Waals surface area contributed by atoms with Crippen LogP contribution in [0.1, 0.15) is 52.7 Å². The van der Waals surface area contributed by atoms with E-state index < -0.39 is 16.1 Å². The summed E-state index contributed by atoms with van der Waals surface area (Å²) in [5.74, 6) is 0. The fourth-order valence-electron chi connectivity index (χ4n) is 17.1. The van der Waals surface area contributed by atoms with Crippen molar-refractivity contribution in [2.45, 2.75) is 52.4 Å². The third-order valence-corrected chi connectivity index (χ3v) is 31.6. The second kappa shape index (κ2) is 26.4. The molecule has 0 saturated heterocycles. The predicted octanol–water partition coefficient (Wildman–Crippen LogP) is 17.8. The van der Waals surface area contributed by atoms with E-state index >= 15 is 0 Å². The van der Waals surface area contributed by atoms with Gasteiger partial charge in [0.25, 0.3) is 6.71 Å². The van der Waals surface area contributed by atoms with Gasteiger partial charge in [-0.25, -0.2) is 0 Å². The Hall–Kier alpha value is -11.6. The Bertz CT molecular complexity index is 5040. The molecule has 0 fully saturated rings. The van der Waals surface area contributed by atoms with E-state index in [1.165, 1.54) is 114 Å². The number of para-hydroxylation sites is 2. The van der Waals surface area contributed by atoms with Crippen LogP contribution in [0.15, 0.2) is 382 Å². The largest absolute Gasteiger partial charge is 0.312 e. The minimum atomic E-state index is -3.21. The highest BCUT2D eigenvalue weighted by atomic mass is 28.3. The van der Waals surface area contributed by atoms with Crippen molar-refractivity contribution < 1.29 is 0 Å². The first-order valence-corrected chi connectivity index (χ1v) is 40.3. The Labute approximate surface area is 610 Å². The van der Waals surface area contributed by atoms with Crippen molar-refractivity contribution in [3.05, 3.63) is 393 Å². The molecule has 15 aromatic carbocycles. The van der Waals surface area contributed by atoms with Crippen LogP contribution in [0.5, 0.6) is 0 Å². The molecule has 0 aromatic heterocycles. The van der Waals surface area contributed by atoms with Crippen LogP contribution in [0.2, 0.25) is 0 Å². The molecule has 0 unspecified atom stereocenters. The summed E-state index contributed by atoms with van der Waals surface area (Å²) in [6.45, 7) is 13.5. The molecule has 0 aliphatic carbocycles. The van der Waals surface area contributed by atoms with Crippen molar-refractivity contribution in [3.8, 4) is 44.5 Å². The molecule has 17 rings (SSSR count). The number of nitrogens with zero attached hydrogens (tertiary/aromatic N) is 2. The minimum absolute atomic E-state index is 0.0198. The van der Waals surface area contributed by atoms with Crippen molar-refractivity contribution in [1.82, 2.24) is 0 Å². The lowest BCUT2D eigenvalue weighted by Gasteiger charge is -2.46. The highest BCUT2D eigenvalue weighted by molar-refractivity contribution is 7.21. The third kappa shape index (κ3) is 11.1. The van der Waals surface area contributed by atoms with Gasteiger partial charge in [-0.1, -0.05) is 387 Å². The van der Waals surface area contributed by atoms with E-state index in [-0.39, 0.29) is 17.5 Å². The summed E-state index contributed by atoms with van der Waals surface area (Å²) in [6, 6.07) is 146. The smallest absolute Gasteiger partial charge is 0.252 e. The van der Waals surface area contributed by atoms with Crippen molar-refractivity contribution in [3.63, 3.8) is 0 Å². The predicted molar refractivity (Wildman–Crippen MR) is 447 cm³/mol. The first-order valence-electron chi connectivity index (χ1n) is 36.3.